The molecule has 4 N–H and O–H groups in total. The Balaban J connectivity index is 1.53. The average molecular weight is 470 g/mol. The van der Waals surface area contributed by atoms with E-state index in [1.165, 1.54) is 18.3 Å². The fourth-order valence-corrected chi connectivity index (χ4v) is 3.81. The molecule has 0 unspecified atom stereocenters. The van der Waals surface area contributed by atoms with Crippen LogP contribution < -0.4 is 20.7 Å². The molecular formula is C22H27N7O3S. The molecule has 1 aromatic carbocycles. The highest BCUT2D eigenvalue weighted by Gasteiger charge is 2.14. The molecular weight excluding hydrogens is 442 g/mol. The van der Waals surface area contributed by atoms with Crippen LogP contribution in [0.3, 0.4) is 0 Å². The Hall–Kier alpha value is -3.73. The van der Waals surface area contributed by atoms with Gasteiger partial charge in [-0.2, -0.15) is 4.98 Å². The van der Waals surface area contributed by atoms with Crippen LogP contribution in [-0.2, 0) is 14.8 Å². The Kier molecular flexibility index (Phi) is 8.53. The second-order valence-corrected chi connectivity index (χ2v) is 8.80. The van der Waals surface area contributed by atoms with Gasteiger partial charge < -0.3 is 16.0 Å². The minimum Gasteiger partial charge on any atom is -0.354 e. The first-order valence-electron chi connectivity index (χ1n) is 10.6. The van der Waals surface area contributed by atoms with Crippen molar-refractivity contribution in [2.75, 3.05) is 28.4 Å². The summed E-state index contributed by atoms with van der Waals surface area (Å²) in [5, 5.41) is 9.02. The van der Waals surface area contributed by atoms with Crippen LogP contribution in [-0.4, -0.2) is 42.4 Å². The van der Waals surface area contributed by atoms with E-state index in [4.69, 9.17) is 0 Å². The molecule has 11 heteroatoms. The van der Waals surface area contributed by atoms with E-state index in [9.17, 15) is 13.2 Å². The molecule has 2 aromatic heterocycles. The number of sulfonamides is 1. The lowest BCUT2D eigenvalue weighted by atomic mass is 10.2. The molecule has 33 heavy (non-hydrogen) atoms. The van der Waals surface area contributed by atoms with Crippen molar-refractivity contribution >= 4 is 39.2 Å². The van der Waals surface area contributed by atoms with Crippen molar-refractivity contribution in [3.8, 4) is 0 Å². The highest BCUT2D eigenvalue weighted by Crippen LogP contribution is 2.19. The van der Waals surface area contributed by atoms with Gasteiger partial charge in [-0.1, -0.05) is 19.4 Å². The van der Waals surface area contributed by atoms with Crippen LogP contribution in [0.25, 0.3) is 0 Å². The number of hydrogen-bond donors (Lipinski definition) is 4. The first-order chi connectivity index (χ1) is 16.0. The van der Waals surface area contributed by atoms with E-state index in [1.807, 2.05) is 6.92 Å². The maximum atomic E-state index is 12.5. The SMILES string of the molecule is CCCCC(=O)NCCNc1nccc(Nc2ccc(S(=O)(=O)Nc3ccccn3)cc2)n1. The molecule has 0 fully saturated rings. The second kappa shape index (κ2) is 11.8. The number of nitrogens with zero attached hydrogens (tertiary/aromatic N) is 3. The van der Waals surface area contributed by atoms with Crippen LogP contribution in [0.15, 0.2) is 65.8 Å². The molecule has 3 aromatic rings. The van der Waals surface area contributed by atoms with E-state index in [0.29, 0.717) is 37.0 Å². The molecule has 1 amide bonds. The summed E-state index contributed by atoms with van der Waals surface area (Å²) in [7, 11) is -3.74. The third-order valence-electron chi connectivity index (χ3n) is 4.48. The van der Waals surface area contributed by atoms with Crippen molar-refractivity contribution in [3.05, 3.63) is 60.9 Å². The van der Waals surface area contributed by atoms with E-state index in [1.54, 1.807) is 42.6 Å². The van der Waals surface area contributed by atoms with E-state index in [-0.39, 0.29) is 16.6 Å². The van der Waals surface area contributed by atoms with Gasteiger partial charge >= 0.3 is 0 Å². The summed E-state index contributed by atoms with van der Waals surface area (Å²) in [6.07, 6.45) is 5.52. The summed E-state index contributed by atoms with van der Waals surface area (Å²) in [6.45, 7) is 3.02. The predicted octanol–water partition coefficient (Wildman–Crippen LogP) is 3.13. The maximum absolute atomic E-state index is 12.5. The van der Waals surface area contributed by atoms with Crippen molar-refractivity contribution in [2.45, 2.75) is 31.1 Å². The fourth-order valence-electron chi connectivity index (χ4n) is 2.80. The number of carbonyl (C=O) groups excluding carboxylic acids is 1. The third kappa shape index (κ3) is 7.72. The molecule has 0 aliphatic rings. The van der Waals surface area contributed by atoms with Crippen molar-refractivity contribution in [2.24, 2.45) is 0 Å². The smallest absolute Gasteiger partial charge is 0.263 e. The Morgan fingerprint density at radius 2 is 1.76 bits per heavy atom. The summed E-state index contributed by atoms with van der Waals surface area (Å²) in [6, 6.07) is 13.0. The topological polar surface area (TPSA) is 138 Å². The third-order valence-corrected chi connectivity index (χ3v) is 5.85. The number of aromatic nitrogens is 3. The molecule has 0 radical (unpaired) electrons. The maximum Gasteiger partial charge on any atom is 0.263 e. The van der Waals surface area contributed by atoms with Crippen LogP contribution in [0.2, 0.25) is 0 Å². The summed E-state index contributed by atoms with van der Waals surface area (Å²) < 4.78 is 27.5. The van der Waals surface area contributed by atoms with Crippen molar-refractivity contribution in [1.29, 1.82) is 0 Å². The minimum atomic E-state index is -3.74. The number of unbranched alkanes of at least 4 members (excludes halogenated alkanes) is 1. The van der Waals surface area contributed by atoms with Gasteiger partial charge in [0.1, 0.15) is 11.6 Å². The first-order valence-corrected chi connectivity index (χ1v) is 12.1. The van der Waals surface area contributed by atoms with Gasteiger partial charge in [-0.3, -0.25) is 9.52 Å². The highest BCUT2D eigenvalue weighted by atomic mass is 32.2. The Morgan fingerprint density at radius 3 is 2.48 bits per heavy atom. The van der Waals surface area contributed by atoms with Gasteiger partial charge in [-0.05, 0) is 48.9 Å². The lowest BCUT2D eigenvalue weighted by Crippen LogP contribution is -2.28. The van der Waals surface area contributed by atoms with Crippen LogP contribution in [0.4, 0.5) is 23.3 Å². The van der Waals surface area contributed by atoms with Gasteiger partial charge in [-0.25, -0.2) is 18.4 Å². The number of amides is 1. The lowest BCUT2D eigenvalue weighted by Gasteiger charge is -2.10. The van der Waals surface area contributed by atoms with E-state index >= 15 is 0 Å². The van der Waals surface area contributed by atoms with Crippen LogP contribution >= 0.6 is 0 Å². The number of benzene rings is 1. The van der Waals surface area contributed by atoms with Crippen molar-refractivity contribution in [3.63, 3.8) is 0 Å². The van der Waals surface area contributed by atoms with Crippen LogP contribution in [0, 0.1) is 0 Å². The second-order valence-electron chi connectivity index (χ2n) is 7.12. The molecule has 0 aliphatic carbocycles. The minimum absolute atomic E-state index is 0.0377. The highest BCUT2D eigenvalue weighted by molar-refractivity contribution is 7.92. The number of rotatable bonds is 12. The standard InChI is InChI=1S/C22H27N7O3S/c1-2-3-7-21(30)24-15-16-26-22-25-14-12-20(28-22)27-17-8-10-18(11-9-17)33(31,32)29-19-6-4-5-13-23-19/h4-6,8-14H,2-3,7,15-16H2,1H3,(H,23,29)(H,24,30)(H2,25,26,27,28). The van der Waals surface area contributed by atoms with E-state index in [0.717, 1.165) is 12.8 Å². The molecule has 10 nitrogen and oxygen atoms in total. The number of pyridine rings is 1. The zero-order valence-corrected chi connectivity index (χ0v) is 19.1. The van der Waals surface area contributed by atoms with Gasteiger partial charge in [0.15, 0.2) is 0 Å². The largest absolute Gasteiger partial charge is 0.354 e. The normalized spacial score (nSPS) is 10.9. The monoisotopic (exact) mass is 469 g/mol. The van der Waals surface area contributed by atoms with Crippen molar-refractivity contribution < 1.29 is 13.2 Å². The number of hydrogen-bond acceptors (Lipinski definition) is 8. The molecule has 0 saturated carbocycles. The molecule has 0 atom stereocenters. The molecule has 0 aliphatic heterocycles. The van der Waals surface area contributed by atoms with Crippen LogP contribution in [0.5, 0.6) is 0 Å². The summed E-state index contributed by atoms with van der Waals surface area (Å²) in [5.41, 5.74) is 0.666. The molecule has 0 bridgehead atoms. The quantitative estimate of drug-likeness (QED) is 0.297. The number of nitrogens with one attached hydrogen (secondary N) is 4. The van der Waals surface area contributed by atoms with Gasteiger partial charge in [0, 0.05) is 37.6 Å². The first kappa shape index (κ1) is 23.9. The van der Waals surface area contributed by atoms with Gasteiger partial charge in [0.05, 0.1) is 4.90 Å². The molecule has 2 heterocycles. The zero-order chi connectivity index (χ0) is 23.5. The Morgan fingerprint density at radius 1 is 0.939 bits per heavy atom. The molecule has 3 rings (SSSR count). The van der Waals surface area contributed by atoms with Gasteiger partial charge in [0.25, 0.3) is 10.0 Å². The Labute approximate surface area is 193 Å². The summed E-state index contributed by atoms with van der Waals surface area (Å²) in [5.74, 6) is 1.25. The average Bonchev–Trinajstić information content (AvgIpc) is 2.81. The summed E-state index contributed by atoms with van der Waals surface area (Å²) >= 11 is 0. The lowest BCUT2D eigenvalue weighted by molar-refractivity contribution is -0.121. The van der Waals surface area contributed by atoms with Crippen LogP contribution in [0.1, 0.15) is 26.2 Å². The Bertz CT molecular complexity index is 1140. The van der Waals surface area contributed by atoms with E-state index in [2.05, 4.69) is 35.6 Å². The number of carbonyl (C=O) groups is 1. The fraction of sp³-hybridized carbons (Fsp3) is 0.273. The predicted molar refractivity (Wildman–Crippen MR) is 128 cm³/mol. The van der Waals surface area contributed by atoms with Gasteiger partial charge in [-0.15, -0.1) is 0 Å². The number of anilines is 4. The summed E-state index contributed by atoms with van der Waals surface area (Å²) in [4.78, 5) is 24.3. The van der Waals surface area contributed by atoms with Gasteiger partial charge in [0.2, 0.25) is 11.9 Å². The zero-order valence-electron chi connectivity index (χ0n) is 18.3. The van der Waals surface area contributed by atoms with Crippen molar-refractivity contribution in [1.82, 2.24) is 20.3 Å². The molecule has 0 saturated heterocycles. The molecule has 174 valence electrons. The molecule has 0 spiro atoms. The van der Waals surface area contributed by atoms with E-state index < -0.39 is 10.0 Å².